The third-order valence-electron chi connectivity index (χ3n) is 12.0. The highest BCUT2D eigenvalue weighted by Gasteiger charge is 2.24. The molecule has 0 atom stereocenters. The first kappa shape index (κ1) is 33.3. The second-order valence-electron chi connectivity index (χ2n) is 15.3. The zero-order valence-corrected chi connectivity index (χ0v) is 32.1. The Balaban J connectivity index is 1.07. The van der Waals surface area contributed by atoms with Crippen LogP contribution in [0.1, 0.15) is 0 Å². The summed E-state index contributed by atoms with van der Waals surface area (Å²) < 4.78 is 9.31. The molecule has 0 aliphatic heterocycles. The van der Waals surface area contributed by atoms with Crippen molar-refractivity contribution in [2.45, 2.75) is 0 Å². The molecule has 0 aliphatic carbocycles. The molecule has 0 spiro atoms. The maximum absolute atomic E-state index is 6.94. The number of anilines is 3. The second-order valence-corrected chi connectivity index (χ2v) is 15.3. The van der Waals surface area contributed by atoms with E-state index in [0.717, 1.165) is 55.8 Å². The van der Waals surface area contributed by atoms with Gasteiger partial charge in [0, 0.05) is 38.5 Å². The van der Waals surface area contributed by atoms with Crippen molar-refractivity contribution < 1.29 is 4.42 Å². The average molecular weight is 753 g/mol. The summed E-state index contributed by atoms with van der Waals surface area (Å²) in [5.41, 5.74) is 13.0. The molecule has 0 aliphatic rings. The maximum atomic E-state index is 6.94. The van der Waals surface area contributed by atoms with E-state index in [0.29, 0.717) is 0 Å². The van der Waals surface area contributed by atoms with Crippen LogP contribution >= 0.6 is 0 Å². The van der Waals surface area contributed by atoms with Gasteiger partial charge in [-0.15, -0.1) is 0 Å². The SMILES string of the molecule is c1cc(-c2ccc(N(c3ccc(-c4ccc5ccccc5c4)cc3)c3cccc4ccccc34)c3c2oc2ccccc23)cc(-n2c3ccccc3c3ccccc32)c1. The lowest BCUT2D eigenvalue weighted by atomic mass is 9.98. The number of rotatable bonds is 6. The molecule has 0 saturated carbocycles. The molecule has 12 rings (SSSR count). The number of benzene rings is 10. The third kappa shape index (κ3) is 5.36. The Kier molecular flexibility index (Phi) is 7.54. The van der Waals surface area contributed by atoms with E-state index >= 15 is 0 Å². The summed E-state index contributed by atoms with van der Waals surface area (Å²) >= 11 is 0. The molecule has 2 aromatic heterocycles. The zero-order valence-electron chi connectivity index (χ0n) is 32.1. The number of hydrogen-bond donors (Lipinski definition) is 0. The van der Waals surface area contributed by atoms with Crippen molar-refractivity contribution in [3.05, 3.63) is 218 Å². The minimum absolute atomic E-state index is 0.860. The summed E-state index contributed by atoms with van der Waals surface area (Å²) in [6, 6.07) is 78.7. The molecule has 0 radical (unpaired) electrons. The first-order chi connectivity index (χ1) is 29.3. The van der Waals surface area contributed by atoms with Gasteiger partial charge in [0.15, 0.2) is 0 Å². The molecule has 0 fully saturated rings. The quantitative estimate of drug-likeness (QED) is 0.169. The summed E-state index contributed by atoms with van der Waals surface area (Å²) in [6.07, 6.45) is 0. The molecule has 3 nitrogen and oxygen atoms in total. The van der Waals surface area contributed by atoms with Crippen molar-refractivity contribution in [1.29, 1.82) is 0 Å². The van der Waals surface area contributed by atoms with Crippen molar-refractivity contribution in [3.8, 4) is 27.9 Å². The van der Waals surface area contributed by atoms with Crippen LogP contribution in [0.25, 0.3) is 93.2 Å². The summed E-state index contributed by atoms with van der Waals surface area (Å²) in [5.74, 6) is 0. The predicted molar refractivity (Wildman–Crippen MR) is 249 cm³/mol. The van der Waals surface area contributed by atoms with E-state index in [1.165, 1.54) is 54.5 Å². The fourth-order valence-corrected chi connectivity index (χ4v) is 9.22. The van der Waals surface area contributed by atoms with Gasteiger partial charge in [0.25, 0.3) is 0 Å². The molecule has 0 bridgehead atoms. The molecule has 276 valence electrons. The standard InChI is InChI=1S/C56H36N2O/c1-2-15-40-35-41(28-27-37(40)13-1)38-29-31-43(32-30-38)57(50-25-12-16-39-14-3-4-19-45(39)50)53-34-33-46(56-55(53)49-22-7-10-26-54(49)59-56)42-17-11-18-44(36-42)58-51-23-8-5-20-47(51)48-21-6-9-24-52(48)58/h1-36H. The summed E-state index contributed by atoms with van der Waals surface area (Å²) in [7, 11) is 0. The van der Waals surface area contributed by atoms with Gasteiger partial charge >= 0.3 is 0 Å². The average Bonchev–Trinajstić information content (AvgIpc) is 3.86. The lowest BCUT2D eigenvalue weighted by Gasteiger charge is -2.28. The summed E-state index contributed by atoms with van der Waals surface area (Å²) in [4.78, 5) is 2.41. The Morgan fingerprint density at radius 2 is 1.00 bits per heavy atom. The Bertz CT molecular complexity index is 3510. The van der Waals surface area contributed by atoms with E-state index < -0.39 is 0 Å². The van der Waals surface area contributed by atoms with Gasteiger partial charge in [0.05, 0.1) is 27.8 Å². The van der Waals surface area contributed by atoms with E-state index in [-0.39, 0.29) is 0 Å². The van der Waals surface area contributed by atoms with Crippen molar-refractivity contribution in [2.24, 2.45) is 0 Å². The normalized spacial score (nSPS) is 11.7. The first-order valence-corrected chi connectivity index (χ1v) is 20.2. The van der Waals surface area contributed by atoms with Crippen LogP contribution in [0.3, 0.4) is 0 Å². The van der Waals surface area contributed by atoms with Gasteiger partial charge in [-0.05, 0) is 99.6 Å². The number of furan rings is 1. The zero-order chi connectivity index (χ0) is 38.9. The van der Waals surface area contributed by atoms with Gasteiger partial charge in [-0.1, -0.05) is 152 Å². The molecule has 59 heavy (non-hydrogen) atoms. The van der Waals surface area contributed by atoms with E-state index in [4.69, 9.17) is 4.42 Å². The van der Waals surface area contributed by atoms with E-state index in [9.17, 15) is 0 Å². The topological polar surface area (TPSA) is 21.3 Å². The van der Waals surface area contributed by atoms with Crippen LogP contribution < -0.4 is 4.90 Å². The van der Waals surface area contributed by atoms with Crippen LogP contribution in [0, 0.1) is 0 Å². The van der Waals surface area contributed by atoms with Crippen LogP contribution in [-0.4, -0.2) is 4.57 Å². The number of nitrogens with zero attached hydrogens (tertiary/aromatic N) is 2. The minimum Gasteiger partial charge on any atom is -0.455 e. The number of fused-ring (bicyclic) bond motifs is 8. The van der Waals surface area contributed by atoms with Crippen molar-refractivity contribution in [2.75, 3.05) is 4.90 Å². The molecular weight excluding hydrogens is 717 g/mol. The smallest absolute Gasteiger partial charge is 0.145 e. The van der Waals surface area contributed by atoms with Crippen LogP contribution in [-0.2, 0) is 0 Å². The first-order valence-electron chi connectivity index (χ1n) is 20.2. The van der Waals surface area contributed by atoms with Gasteiger partial charge in [0.2, 0.25) is 0 Å². The van der Waals surface area contributed by atoms with Crippen molar-refractivity contribution in [3.63, 3.8) is 0 Å². The highest BCUT2D eigenvalue weighted by atomic mass is 16.3. The van der Waals surface area contributed by atoms with Gasteiger partial charge < -0.3 is 13.9 Å². The fourth-order valence-electron chi connectivity index (χ4n) is 9.22. The summed E-state index contributed by atoms with van der Waals surface area (Å²) in [6.45, 7) is 0. The third-order valence-corrected chi connectivity index (χ3v) is 12.0. The molecule has 3 heteroatoms. The van der Waals surface area contributed by atoms with Crippen LogP contribution in [0.15, 0.2) is 223 Å². The molecule has 0 unspecified atom stereocenters. The van der Waals surface area contributed by atoms with E-state index in [1.54, 1.807) is 0 Å². The maximum Gasteiger partial charge on any atom is 0.145 e. The lowest BCUT2D eigenvalue weighted by Crippen LogP contribution is -2.11. The highest BCUT2D eigenvalue weighted by molar-refractivity contribution is 6.18. The molecule has 0 amide bonds. The van der Waals surface area contributed by atoms with E-state index in [2.05, 4.69) is 228 Å². The molecular formula is C56H36N2O. The summed E-state index contributed by atoms with van der Waals surface area (Å²) in [5, 5.41) is 9.50. The van der Waals surface area contributed by atoms with Gasteiger partial charge in [-0.3, -0.25) is 0 Å². The Labute approximate surface area is 341 Å². The minimum atomic E-state index is 0.860. The number of hydrogen-bond acceptors (Lipinski definition) is 2. The van der Waals surface area contributed by atoms with E-state index in [1.807, 2.05) is 0 Å². The predicted octanol–water partition coefficient (Wildman–Crippen LogP) is 15.8. The van der Waals surface area contributed by atoms with Crippen LogP contribution in [0.5, 0.6) is 0 Å². The highest BCUT2D eigenvalue weighted by Crippen LogP contribution is 2.48. The van der Waals surface area contributed by atoms with Gasteiger partial charge in [-0.25, -0.2) is 0 Å². The fraction of sp³-hybridized carbons (Fsp3) is 0. The van der Waals surface area contributed by atoms with Gasteiger partial charge in [0.1, 0.15) is 11.2 Å². The Morgan fingerprint density at radius 3 is 1.80 bits per heavy atom. The largest absolute Gasteiger partial charge is 0.455 e. The lowest BCUT2D eigenvalue weighted by molar-refractivity contribution is 0.670. The number of aromatic nitrogens is 1. The molecule has 2 heterocycles. The Hall–Kier alpha value is -7.88. The molecule has 0 N–H and O–H groups in total. The Morgan fingerprint density at radius 1 is 0.373 bits per heavy atom. The monoisotopic (exact) mass is 752 g/mol. The molecule has 12 aromatic rings. The number of para-hydroxylation sites is 3. The van der Waals surface area contributed by atoms with Gasteiger partial charge in [-0.2, -0.15) is 0 Å². The van der Waals surface area contributed by atoms with Crippen LogP contribution in [0.2, 0.25) is 0 Å². The van der Waals surface area contributed by atoms with Crippen molar-refractivity contribution in [1.82, 2.24) is 4.57 Å². The molecule has 0 saturated heterocycles. The molecule has 10 aromatic carbocycles. The van der Waals surface area contributed by atoms with Crippen molar-refractivity contribution >= 4 is 82.4 Å². The second kappa shape index (κ2) is 13.4. The van der Waals surface area contributed by atoms with Crippen LogP contribution in [0.4, 0.5) is 17.1 Å².